The SMILES string of the molecule is COCCNC(=O)c1ccc(OC2CCN(S(=O)(=O)N(C)C)CC2)cc1. The number of piperidine rings is 1. The summed E-state index contributed by atoms with van der Waals surface area (Å²) in [5, 5.41) is 2.76. The van der Waals surface area contributed by atoms with Gasteiger partial charge in [-0.2, -0.15) is 17.0 Å². The third-order valence-corrected chi connectivity index (χ3v) is 6.14. The minimum absolute atomic E-state index is 0.0370. The van der Waals surface area contributed by atoms with E-state index in [1.54, 1.807) is 31.4 Å². The maximum atomic E-state index is 12.1. The van der Waals surface area contributed by atoms with Crippen molar-refractivity contribution in [3.05, 3.63) is 29.8 Å². The molecule has 1 aromatic rings. The van der Waals surface area contributed by atoms with E-state index in [4.69, 9.17) is 9.47 Å². The molecule has 26 heavy (non-hydrogen) atoms. The maximum absolute atomic E-state index is 12.1. The molecule has 1 aliphatic rings. The van der Waals surface area contributed by atoms with Crippen molar-refractivity contribution in [2.75, 3.05) is 47.4 Å². The van der Waals surface area contributed by atoms with Crippen LogP contribution in [-0.4, -0.2) is 76.5 Å². The second kappa shape index (κ2) is 9.31. The fraction of sp³-hybridized carbons (Fsp3) is 0.588. The van der Waals surface area contributed by atoms with Crippen LogP contribution in [0.2, 0.25) is 0 Å². The van der Waals surface area contributed by atoms with E-state index in [0.29, 0.717) is 50.4 Å². The van der Waals surface area contributed by atoms with Gasteiger partial charge in [0, 0.05) is 46.4 Å². The number of amides is 1. The summed E-state index contributed by atoms with van der Waals surface area (Å²) in [5.41, 5.74) is 0.556. The van der Waals surface area contributed by atoms with Gasteiger partial charge in [0.2, 0.25) is 0 Å². The summed E-state index contributed by atoms with van der Waals surface area (Å²) in [4.78, 5) is 11.9. The molecule has 1 aliphatic heterocycles. The van der Waals surface area contributed by atoms with Crippen LogP contribution in [0, 0.1) is 0 Å². The first kappa shape index (κ1) is 20.6. The minimum atomic E-state index is -3.36. The van der Waals surface area contributed by atoms with E-state index in [9.17, 15) is 13.2 Å². The van der Waals surface area contributed by atoms with Crippen molar-refractivity contribution in [1.29, 1.82) is 0 Å². The van der Waals surface area contributed by atoms with Crippen molar-refractivity contribution in [2.24, 2.45) is 0 Å². The lowest BCUT2D eigenvalue weighted by molar-refractivity contribution is 0.0937. The smallest absolute Gasteiger partial charge is 0.281 e. The van der Waals surface area contributed by atoms with Crippen LogP contribution >= 0.6 is 0 Å². The molecule has 9 heteroatoms. The number of rotatable bonds is 8. The van der Waals surface area contributed by atoms with Crippen LogP contribution in [0.3, 0.4) is 0 Å². The summed E-state index contributed by atoms with van der Waals surface area (Å²) in [6, 6.07) is 6.94. The van der Waals surface area contributed by atoms with Gasteiger partial charge < -0.3 is 14.8 Å². The first-order chi connectivity index (χ1) is 12.3. The van der Waals surface area contributed by atoms with Crippen LogP contribution in [0.4, 0.5) is 0 Å². The van der Waals surface area contributed by atoms with Crippen LogP contribution in [0.5, 0.6) is 5.75 Å². The highest BCUT2D eigenvalue weighted by Crippen LogP contribution is 2.21. The molecule has 0 aliphatic carbocycles. The average molecular weight is 385 g/mol. The van der Waals surface area contributed by atoms with Gasteiger partial charge in [-0.3, -0.25) is 4.79 Å². The summed E-state index contributed by atoms with van der Waals surface area (Å²) < 4.78 is 37.7. The number of ether oxygens (including phenoxy) is 2. The molecule has 0 saturated carbocycles. The second-order valence-corrected chi connectivity index (χ2v) is 8.42. The number of methoxy groups -OCH3 is 1. The highest BCUT2D eigenvalue weighted by Gasteiger charge is 2.30. The van der Waals surface area contributed by atoms with Gasteiger partial charge in [-0.25, -0.2) is 0 Å². The molecular weight excluding hydrogens is 358 g/mol. The van der Waals surface area contributed by atoms with Gasteiger partial charge in [0.05, 0.1) is 6.61 Å². The zero-order valence-electron chi connectivity index (χ0n) is 15.5. The molecule has 1 amide bonds. The van der Waals surface area contributed by atoms with Gasteiger partial charge in [0.25, 0.3) is 16.1 Å². The normalized spacial score (nSPS) is 16.6. The molecule has 8 nitrogen and oxygen atoms in total. The Kier molecular flexibility index (Phi) is 7.39. The van der Waals surface area contributed by atoms with E-state index in [0.717, 1.165) is 0 Å². The molecule has 1 saturated heterocycles. The number of hydrogen-bond donors (Lipinski definition) is 1. The standard InChI is InChI=1S/C17H27N3O5S/c1-19(2)26(22,23)20-11-8-16(9-12-20)25-15-6-4-14(5-7-15)17(21)18-10-13-24-3/h4-7,16H,8-13H2,1-3H3,(H,18,21). The Labute approximate surface area is 155 Å². The summed E-state index contributed by atoms with van der Waals surface area (Å²) >= 11 is 0. The molecule has 1 N–H and O–H groups in total. The number of carbonyl (C=O) groups is 1. The van der Waals surface area contributed by atoms with Gasteiger partial charge in [0.15, 0.2) is 0 Å². The molecule has 2 rings (SSSR count). The van der Waals surface area contributed by atoms with E-state index in [1.165, 1.54) is 22.7 Å². The molecule has 0 bridgehead atoms. The highest BCUT2D eigenvalue weighted by molar-refractivity contribution is 7.86. The Balaban J connectivity index is 1.84. The molecule has 0 aromatic heterocycles. The van der Waals surface area contributed by atoms with Crippen molar-refractivity contribution < 1.29 is 22.7 Å². The Hall–Kier alpha value is -1.68. The van der Waals surface area contributed by atoms with Gasteiger partial charge in [-0.1, -0.05) is 0 Å². The fourth-order valence-electron chi connectivity index (χ4n) is 2.66. The Morgan fingerprint density at radius 1 is 1.23 bits per heavy atom. The molecule has 1 aromatic carbocycles. The molecule has 146 valence electrons. The highest BCUT2D eigenvalue weighted by atomic mass is 32.2. The first-order valence-electron chi connectivity index (χ1n) is 8.56. The average Bonchev–Trinajstić information content (AvgIpc) is 2.63. The predicted octanol–water partition coefficient (Wildman–Crippen LogP) is 0.712. The zero-order chi connectivity index (χ0) is 19.2. The van der Waals surface area contributed by atoms with E-state index in [2.05, 4.69) is 5.32 Å². The number of hydrogen-bond acceptors (Lipinski definition) is 5. The van der Waals surface area contributed by atoms with Crippen LogP contribution in [0.15, 0.2) is 24.3 Å². The van der Waals surface area contributed by atoms with Crippen molar-refractivity contribution in [3.8, 4) is 5.75 Å². The van der Waals surface area contributed by atoms with Crippen LogP contribution < -0.4 is 10.1 Å². The molecule has 1 fully saturated rings. The topological polar surface area (TPSA) is 88.2 Å². The third kappa shape index (κ3) is 5.41. The Bertz CT molecular complexity index is 683. The Morgan fingerprint density at radius 2 is 1.85 bits per heavy atom. The van der Waals surface area contributed by atoms with E-state index < -0.39 is 10.2 Å². The third-order valence-electron chi connectivity index (χ3n) is 4.20. The van der Waals surface area contributed by atoms with Crippen molar-refractivity contribution in [1.82, 2.24) is 13.9 Å². The zero-order valence-corrected chi connectivity index (χ0v) is 16.3. The van der Waals surface area contributed by atoms with Crippen LogP contribution in [0.1, 0.15) is 23.2 Å². The predicted molar refractivity (Wildman–Crippen MR) is 98.5 cm³/mol. The van der Waals surface area contributed by atoms with Crippen molar-refractivity contribution in [2.45, 2.75) is 18.9 Å². The largest absolute Gasteiger partial charge is 0.490 e. The summed E-state index contributed by atoms with van der Waals surface area (Å²) in [6.07, 6.45) is 1.23. The maximum Gasteiger partial charge on any atom is 0.281 e. The van der Waals surface area contributed by atoms with Crippen molar-refractivity contribution in [3.63, 3.8) is 0 Å². The van der Waals surface area contributed by atoms with Gasteiger partial charge in [-0.05, 0) is 37.1 Å². The summed E-state index contributed by atoms with van der Waals surface area (Å²) in [5.74, 6) is 0.517. The van der Waals surface area contributed by atoms with E-state index >= 15 is 0 Å². The lowest BCUT2D eigenvalue weighted by atomic mass is 10.1. The molecule has 0 unspecified atom stereocenters. The molecule has 1 heterocycles. The van der Waals surface area contributed by atoms with E-state index in [1.807, 2.05) is 0 Å². The Morgan fingerprint density at radius 3 is 2.38 bits per heavy atom. The van der Waals surface area contributed by atoms with Crippen LogP contribution in [0.25, 0.3) is 0 Å². The number of benzene rings is 1. The second-order valence-electron chi connectivity index (χ2n) is 6.28. The minimum Gasteiger partial charge on any atom is -0.490 e. The molecule has 0 atom stereocenters. The fourth-order valence-corrected chi connectivity index (χ4v) is 3.79. The lowest BCUT2D eigenvalue weighted by Gasteiger charge is -2.32. The molecular formula is C17H27N3O5S. The monoisotopic (exact) mass is 385 g/mol. The number of carbonyl (C=O) groups excluding carboxylic acids is 1. The number of nitrogens with one attached hydrogen (secondary N) is 1. The van der Waals surface area contributed by atoms with Gasteiger partial charge in [0.1, 0.15) is 11.9 Å². The van der Waals surface area contributed by atoms with Crippen LogP contribution in [-0.2, 0) is 14.9 Å². The van der Waals surface area contributed by atoms with Gasteiger partial charge in [-0.15, -0.1) is 0 Å². The quantitative estimate of drug-likeness (QED) is 0.666. The summed E-state index contributed by atoms with van der Waals surface area (Å²) in [7, 11) is 1.28. The van der Waals surface area contributed by atoms with Crippen molar-refractivity contribution >= 4 is 16.1 Å². The first-order valence-corrected chi connectivity index (χ1v) is 9.95. The molecule has 0 radical (unpaired) electrons. The summed E-state index contributed by atoms with van der Waals surface area (Å²) in [6.45, 7) is 1.80. The lowest BCUT2D eigenvalue weighted by Crippen LogP contribution is -2.46. The van der Waals surface area contributed by atoms with Gasteiger partial charge >= 0.3 is 0 Å². The molecule has 0 spiro atoms. The number of nitrogens with zero attached hydrogens (tertiary/aromatic N) is 2. The van der Waals surface area contributed by atoms with E-state index in [-0.39, 0.29) is 12.0 Å².